The molecule has 2 aromatic rings. The molecule has 134 valence electrons. The van der Waals surface area contributed by atoms with Crippen molar-refractivity contribution in [2.45, 2.75) is 12.8 Å². The van der Waals surface area contributed by atoms with Gasteiger partial charge in [0.1, 0.15) is 11.2 Å². The average Bonchev–Trinajstić information content (AvgIpc) is 3.02. The second-order valence-electron chi connectivity index (χ2n) is 6.63. The molecule has 2 aliphatic rings. The number of aliphatic carboxylic acids is 1. The smallest absolute Gasteiger partial charge is 0.407 e. The lowest BCUT2D eigenvalue weighted by molar-refractivity contribution is -0.148. The van der Waals surface area contributed by atoms with Gasteiger partial charge in [0.2, 0.25) is 0 Å². The van der Waals surface area contributed by atoms with Gasteiger partial charge in [-0.05, 0) is 54.3 Å². The zero-order valence-electron chi connectivity index (χ0n) is 13.7. The SMILES string of the molecule is O=C(O)N1CCC2=Cc3c(cnn3-c3ccc(F)cc3)CC2(C(=O)O)C1. The Balaban J connectivity index is 1.79. The molecule has 1 aromatic heterocycles. The van der Waals surface area contributed by atoms with Crippen LogP contribution in [0.15, 0.2) is 36.0 Å². The number of carbonyl (C=O) groups is 2. The summed E-state index contributed by atoms with van der Waals surface area (Å²) in [7, 11) is 0. The molecular weight excluding hydrogens is 341 g/mol. The molecule has 0 bridgehead atoms. The van der Waals surface area contributed by atoms with Crippen LogP contribution in [0, 0.1) is 11.2 Å². The van der Waals surface area contributed by atoms with Crippen LogP contribution in [-0.2, 0) is 11.2 Å². The van der Waals surface area contributed by atoms with E-state index in [-0.39, 0.29) is 25.3 Å². The molecule has 26 heavy (non-hydrogen) atoms. The second kappa shape index (κ2) is 5.69. The van der Waals surface area contributed by atoms with Crippen molar-refractivity contribution < 1.29 is 24.2 Å². The van der Waals surface area contributed by atoms with Crippen LogP contribution in [0.1, 0.15) is 17.7 Å². The number of amides is 1. The molecule has 0 saturated carbocycles. The van der Waals surface area contributed by atoms with E-state index in [1.165, 1.54) is 12.1 Å². The maximum absolute atomic E-state index is 13.2. The molecule has 7 nitrogen and oxygen atoms in total. The molecule has 1 aliphatic carbocycles. The van der Waals surface area contributed by atoms with Crippen molar-refractivity contribution >= 4 is 18.1 Å². The van der Waals surface area contributed by atoms with Crippen molar-refractivity contribution in [2.75, 3.05) is 13.1 Å². The maximum Gasteiger partial charge on any atom is 0.407 e. The first kappa shape index (κ1) is 16.3. The summed E-state index contributed by atoms with van der Waals surface area (Å²) >= 11 is 0. The van der Waals surface area contributed by atoms with Crippen LogP contribution >= 0.6 is 0 Å². The Hall–Kier alpha value is -3.16. The van der Waals surface area contributed by atoms with E-state index >= 15 is 0 Å². The van der Waals surface area contributed by atoms with Crippen molar-refractivity contribution in [1.29, 1.82) is 0 Å². The van der Waals surface area contributed by atoms with Gasteiger partial charge < -0.3 is 15.1 Å². The topological polar surface area (TPSA) is 95.7 Å². The summed E-state index contributed by atoms with van der Waals surface area (Å²) in [6.45, 7) is 0.181. The fraction of sp³-hybridized carbons (Fsp3) is 0.278. The van der Waals surface area contributed by atoms with Crippen molar-refractivity contribution in [3.05, 3.63) is 53.1 Å². The molecule has 1 aliphatic heterocycles. The lowest BCUT2D eigenvalue weighted by atomic mass is 9.68. The minimum Gasteiger partial charge on any atom is -0.481 e. The largest absolute Gasteiger partial charge is 0.481 e. The van der Waals surface area contributed by atoms with Gasteiger partial charge in [0.25, 0.3) is 0 Å². The normalized spacial score (nSPS) is 21.6. The lowest BCUT2D eigenvalue weighted by Gasteiger charge is -2.42. The van der Waals surface area contributed by atoms with Crippen LogP contribution in [0.2, 0.25) is 0 Å². The number of carboxylic acid groups (broad SMARTS) is 2. The first-order valence-electron chi connectivity index (χ1n) is 8.16. The van der Waals surface area contributed by atoms with E-state index in [0.717, 1.165) is 16.2 Å². The van der Waals surface area contributed by atoms with Crippen LogP contribution in [-0.4, -0.2) is 50.0 Å². The third kappa shape index (κ3) is 2.37. The van der Waals surface area contributed by atoms with Gasteiger partial charge in [0, 0.05) is 13.1 Å². The van der Waals surface area contributed by atoms with Gasteiger partial charge in [0.15, 0.2) is 0 Å². The predicted molar refractivity (Wildman–Crippen MR) is 89.5 cm³/mol. The Kier molecular flexibility index (Phi) is 3.57. The minimum atomic E-state index is -1.26. The van der Waals surface area contributed by atoms with E-state index in [1.54, 1.807) is 29.1 Å². The number of hydrogen-bond acceptors (Lipinski definition) is 3. The maximum atomic E-state index is 13.2. The van der Waals surface area contributed by atoms with E-state index in [2.05, 4.69) is 5.10 Å². The molecular formula is C18H16FN3O4. The molecule has 1 saturated heterocycles. The molecule has 4 rings (SSSR count). The molecule has 1 unspecified atom stereocenters. The lowest BCUT2D eigenvalue weighted by Crippen LogP contribution is -2.52. The van der Waals surface area contributed by atoms with Crippen molar-refractivity contribution in [3.63, 3.8) is 0 Å². The van der Waals surface area contributed by atoms with Gasteiger partial charge in [-0.3, -0.25) is 4.79 Å². The summed E-state index contributed by atoms with van der Waals surface area (Å²) in [6, 6.07) is 5.89. The highest BCUT2D eigenvalue weighted by Gasteiger charge is 2.49. The number of nitrogens with zero attached hydrogens (tertiary/aromatic N) is 3. The van der Waals surface area contributed by atoms with Gasteiger partial charge >= 0.3 is 12.1 Å². The summed E-state index contributed by atoms with van der Waals surface area (Å²) in [5.74, 6) is -1.38. The average molecular weight is 357 g/mol. The standard InChI is InChI=1S/C18H16FN3O4/c19-13-1-3-14(4-2-13)22-15-7-12-5-6-21(17(25)26)10-18(12,16(23)24)8-11(15)9-20-22/h1-4,7,9H,5-6,8,10H2,(H,23,24)(H,25,26). The van der Waals surface area contributed by atoms with E-state index in [0.29, 0.717) is 17.7 Å². The highest BCUT2D eigenvalue weighted by molar-refractivity contribution is 5.85. The molecule has 8 heteroatoms. The minimum absolute atomic E-state index is 0.0787. The van der Waals surface area contributed by atoms with Crippen LogP contribution in [0.5, 0.6) is 0 Å². The number of benzene rings is 1. The molecule has 1 fully saturated rings. The number of carboxylic acids is 1. The second-order valence-corrected chi connectivity index (χ2v) is 6.63. The molecule has 0 spiro atoms. The Labute approximate surface area is 148 Å². The zero-order valence-corrected chi connectivity index (χ0v) is 13.7. The Bertz CT molecular complexity index is 934. The highest BCUT2D eigenvalue weighted by atomic mass is 19.1. The van der Waals surface area contributed by atoms with Crippen LogP contribution in [0.3, 0.4) is 0 Å². The number of aromatic nitrogens is 2. The first-order valence-corrected chi connectivity index (χ1v) is 8.16. The first-order chi connectivity index (χ1) is 12.4. The highest BCUT2D eigenvalue weighted by Crippen LogP contribution is 2.44. The molecule has 1 atom stereocenters. The predicted octanol–water partition coefficient (Wildman–Crippen LogP) is 2.41. The number of likely N-dealkylation sites (tertiary alicyclic amines) is 1. The zero-order chi connectivity index (χ0) is 18.5. The van der Waals surface area contributed by atoms with Gasteiger partial charge in [-0.15, -0.1) is 0 Å². The van der Waals surface area contributed by atoms with E-state index in [4.69, 9.17) is 0 Å². The molecule has 0 radical (unpaired) electrons. The summed E-state index contributed by atoms with van der Waals surface area (Å²) in [5.41, 5.74) is 1.59. The van der Waals surface area contributed by atoms with Crippen molar-refractivity contribution in [3.8, 4) is 5.69 Å². The third-order valence-corrected chi connectivity index (χ3v) is 5.17. The fourth-order valence-corrected chi connectivity index (χ4v) is 3.78. The van der Waals surface area contributed by atoms with E-state index in [1.807, 2.05) is 0 Å². The van der Waals surface area contributed by atoms with Crippen molar-refractivity contribution in [2.24, 2.45) is 5.41 Å². The van der Waals surface area contributed by atoms with Crippen LogP contribution in [0.25, 0.3) is 11.8 Å². The number of piperidine rings is 1. The van der Waals surface area contributed by atoms with Gasteiger partial charge in [-0.1, -0.05) is 0 Å². The summed E-state index contributed by atoms with van der Waals surface area (Å²) < 4.78 is 14.8. The van der Waals surface area contributed by atoms with Crippen LogP contribution in [0.4, 0.5) is 9.18 Å². The number of fused-ring (bicyclic) bond motifs is 2. The molecule has 2 N–H and O–H groups in total. The van der Waals surface area contributed by atoms with E-state index < -0.39 is 17.5 Å². The van der Waals surface area contributed by atoms with E-state index in [9.17, 15) is 24.2 Å². The number of halogens is 1. The van der Waals surface area contributed by atoms with Crippen LogP contribution < -0.4 is 0 Å². The summed E-state index contributed by atoms with van der Waals surface area (Å²) in [5, 5.41) is 23.5. The van der Waals surface area contributed by atoms with Gasteiger partial charge in [0.05, 0.1) is 17.6 Å². The third-order valence-electron chi connectivity index (χ3n) is 5.17. The number of rotatable bonds is 2. The van der Waals surface area contributed by atoms with Gasteiger partial charge in [-0.2, -0.15) is 5.10 Å². The fourth-order valence-electron chi connectivity index (χ4n) is 3.78. The monoisotopic (exact) mass is 357 g/mol. The Morgan fingerprint density at radius 2 is 1.92 bits per heavy atom. The summed E-state index contributed by atoms with van der Waals surface area (Å²) in [4.78, 5) is 24.5. The number of hydrogen-bond donors (Lipinski definition) is 2. The molecule has 1 amide bonds. The molecule has 2 heterocycles. The van der Waals surface area contributed by atoms with Gasteiger partial charge in [-0.25, -0.2) is 13.9 Å². The Morgan fingerprint density at radius 1 is 1.19 bits per heavy atom. The van der Waals surface area contributed by atoms with Crippen molar-refractivity contribution in [1.82, 2.24) is 14.7 Å². The quantitative estimate of drug-likeness (QED) is 0.860. The summed E-state index contributed by atoms with van der Waals surface area (Å²) in [6.07, 6.45) is 2.80. The Morgan fingerprint density at radius 3 is 2.58 bits per heavy atom. The molecule has 1 aromatic carbocycles.